The molecule has 0 unspecified atom stereocenters. The first kappa shape index (κ1) is 24.1. The minimum Gasteiger partial charge on any atom is -0.465 e. The van der Waals surface area contributed by atoms with Gasteiger partial charge < -0.3 is 19.6 Å². The molecule has 178 valence electrons. The van der Waals surface area contributed by atoms with Crippen LogP contribution in [0.4, 0.5) is 15.8 Å². The molecular formula is C25H19ClFN3O5. The number of ether oxygens (including phenoxy) is 1. The lowest BCUT2D eigenvalue weighted by molar-refractivity contribution is 0.0600. The van der Waals surface area contributed by atoms with Crippen molar-refractivity contribution in [3.05, 3.63) is 93.5 Å². The van der Waals surface area contributed by atoms with Gasteiger partial charge in [0.2, 0.25) is 5.55 Å². The fourth-order valence-electron chi connectivity index (χ4n) is 3.34. The summed E-state index contributed by atoms with van der Waals surface area (Å²) in [6, 6.07) is 11.5. The third kappa shape index (κ3) is 5.06. The number of aliphatic hydroxyl groups is 1. The van der Waals surface area contributed by atoms with Crippen LogP contribution in [-0.4, -0.2) is 29.1 Å². The predicted octanol–water partition coefficient (Wildman–Crippen LogP) is 4.69. The summed E-state index contributed by atoms with van der Waals surface area (Å²) in [5.41, 5.74) is 2.30. The van der Waals surface area contributed by atoms with Crippen LogP contribution in [0.25, 0.3) is 11.0 Å². The molecule has 2 N–H and O–H groups in total. The fourth-order valence-corrected chi connectivity index (χ4v) is 3.51. The molecule has 0 atom stereocenters. The highest BCUT2D eigenvalue weighted by Gasteiger charge is 2.17. The number of fused-ring (bicyclic) bond motifs is 1. The van der Waals surface area contributed by atoms with E-state index in [2.05, 4.69) is 20.0 Å². The Morgan fingerprint density at radius 2 is 1.94 bits per heavy atom. The number of halogens is 2. The zero-order valence-corrected chi connectivity index (χ0v) is 19.4. The molecule has 0 fully saturated rings. The Morgan fingerprint density at radius 3 is 2.60 bits per heavy atom. The summed E-state index contributed by atoms with van der Waals surface area (Å²) >= 11 is 5.88. The van der Waals surface area contributed by atoms with Crippen molar-refractivity contribution in [1.29, 1.82) is 0 Å². The number of hydrogen-bond donors (Lipinski definition) is 2. The number of carbonyl (C=O) groups is 2. The molecule has 0 bridgehead atoms. The number of pyridine rings is 1. The number of carbonyl (C=O) groups excluding carboxylic acids is 2. The van der Waals surface area contributed by atoms with Gasteiger partial charge in [0.1, 0.15) is 11.4 Å². The maximum atomic E-state index is 13.6. The van der Waals surface area contributed by atoms with Gasteiger partial charge >= 0.3 is 5.97 Å². The maximum Gasteiger partial charge on any atom is 0.337 e. The van der Waals surface area contributed by atoms with Crippen LogP contribution in [0.2, 0.25) is 5.02 Å². The smallest absolute Gasteiger partial charge is 0.337 e. The quantitative estimate of drug-likeness (QED) is 0.388. The molecule has 0 aliphatic heterocycles. The van der Waals surface area contributed by atoms with Crippen LogP contribution < -0.4 is 10.9 Å². The largest absolute Gasteiger partial charge is 0.465 e. The molecule has 2 aromatic carbocycles. The summed E-state index contributed by atoms with van der Waals surface area (Å²) in [4.78, 5) is 33.5. The number of nitrogens with one attached hydrogen (secondary N) is 1. The Balaban J connectivity index is 1.84. The number of benzene rings is 2. The topological polar surface area (TPSA) is 114 Å². The van der Waals surface area contributed by atoms with Crippen LogP contribution in [0, 0.1) is 12.7 Å². The van der Waals surface area contributed by atoms with E-state index in [4.69, 9.17) is 16.0 Å². The monoisotopic (exact) mass is 495 g/mol. The number of aliphatic hydroxyl groups excluding tert-OH is 1. The molecule has 2 heterocycles. The standard InChI is InChI=1S/C25H19ClFN3O5/c1-13-22-18(15(12-31)11-28-13)10-19(24(35-22)30-17-7-8-21(27)20(26)9-17)23(32)29-16-5-3-14(4-6-16)25(33)34-2/h3-11,31H,12H2,1-2H3,(H,29,32). The van der Waals surface area contributed by atoms with Gasteiger partial charge in [0.15, 0.2) is 5.58 Å². The highest BCUT2D eigenvalue weighted by molar-refractivity contribution is 6.31. The van der Waals surface area contributed by atoms with Crippen LogP contribution in [0.5, 0.6) is 0 Å². The van der Waals surface area contributed by atoms with Gasteiger partial charge in [-0.05, 0) is 55.5 Å². The molecular weight excluding hydrogens is 477 g/mol. The summed E-state index contributed by atoms with van der Waals surface area (Å²) in [5, 5.41) is 12.8. The molecule has 35 heavy (non-hydrogen) atoms. The second-order valence-corrected chi connectivity index (χ2v) is 7.88. The number of methoxy groups -OCH3 is 1. The van der Waals surface area contributed by atoms with Crippen LogP contribution in [0.3, 0.4) is 0 Å². The number of nitrogens with zero attached hydrogens (tertiary/aromatic N) is 2. The van der Waals surface area contributed by atoms with Crippen LogP contribution in [0.15, 0.2) is 64.1 Å². The molecule has 4 aromatic rings. The van der Waals surface area contributed by atoms with E-state index in [1.54, 1.807) is 25.1 Å². The second-order valence-electron chi connectivity index (χ2n) is 7.47. The predicted molar refractivity (Wildman–Crippen MR) is 127 cm³/mol. The molecule has 0 aliphatic carbocycles. The first-order valence-corrected chi connectivity index (χ1v) is 10.7. The van der Waals surface area contributed by atoms with E-state index in [-0.39, 0.29) is 28.4 Å². The van der Waals surface area contributed by atoms with Crippen LogP contribution >= 0.6 is 11.6 Å². The molecule has 0 spiro atoms. The van der Waals surface area contributed by atoms with Crippen molar-refractivity contribution in [3.8, 4) is 0 Å². The van der Waals surface area contributed by atoms with Gasteiger partial charge in [-0.2, -0.15) is 0 Å². The highest BCUT2D eigenvalue weighted by atomic mass is 35.5. The fraction of sp³-hybridized carbons (Fsp3) is 0.120. The van der Waals surface area contributed by atoms with Gasteiger partial charge in [0.05, 0.1) is 35.7 Å². The van der Waals surface area contributed by atoms with Gasteiger partial charge in [-0.25, -0.2) is 14.2 Å². The van der Waals surface area contributed by atoms with E-state index in [1.807, 2.05) is 0 Å². The van der Waals surface area contributed by atoms with Gasteiger partial charge in [-0.15, -0.1) is 0 Å². The van der Waals surface area contributed by atoms with E-state index in [1.165, 1.54) is 37.6 Å². The summed E-state index contributed by atoms with van der Waals surface area (Å²) < 4.78 is 24.3. The maximum absolute atomic E-state index is 13.6. The molecule has 0 radical (unpaired) electrons. The molecule has 0 saturated carbocycles. The van der Waals surface area contributed by atoms with Crippen LogP contribution in [-0.2, 0) is 11.3 Å². The number of rotatable bonds is 5. The summed E-state index contributed by atoms with van der Waals surface area (Å²) in [5.74, 6) is -1.68. The average Bonchev–Trinajstić information content (AvgIpc) is 2.86. The summed E-state index contributed by atoms with van der Waals surface area (Å²) in [6.45, 7) is 1.40. The minimum atomic E-state index is -0.609. The first-order chi connectivity index (χ1) is 16.8. The van der Waals surface area contributed by atoms with Crippen LogP contribution in [0.1, 0.15) is 32.0 Å². The van der Waals surface area contributed by atoms with Crippen molar-refractivity contribution in [3.63, 3.8) is 0 Å². The average molecular weight is 496 g/mol. The third-order valence-electron chi connectivity index (χ3n) is 5.16. The van der Waals surface area contributed by atoms with E-state index in [0.29, 0.717) is 33.5 Å². The zero-order valence-electron chi connectivity index (χ0n) is 18.6. The number of anilines is 1. The van der Waals surface area contributed by atoms with E-state index >= 15 is 0 Å². The van der Waals surface area contributed by atoms with Gasteiger partial charge in [0.25, 0.3) is 5.91 Å². The van der Waals surface area contributed by atoms with Crippen molar-refractivity contribution >= 4 is 45.8 Å². The molecule has 0 saturated heterocycles. The molecule has 8 nitrogen and oxygen atoms in total. The van der Waals surface area contributed by atoms with Gasteiger partial charge in [0, 0.05) is 22.8 Å². The van der Waals surface area contributed by atoms with Crippen molar-refractivity contribution in [2.75, 3.05) is 12.4 Å². The van der Waals surface area contributed by atoms with E-state index in [0.717, 1.165) is 6.07 Å². The van der Waals surface area contributed by atoms with E-state index < -0.39 is 17.7 Å². The molecule has 1 amide bonds. The molecule has 2 aromatic heterocycles. The molecule has 4 rings (SSSR count). The van der Waals surface area contributed by atoms with E-state index in [9.17, 15) is 19.1 Å². The summed E-state index contributed by atoms with van der Waals surface area (Å²) in [6.07, 6.45) is 1.50. The number of amides is 1. The van der Waals surface area contributed by atoms with Crippen molar-refractivity contribution in [1.82, 2.24) is 4.98 Å². The third-order valence-corrected chi connectivity index (χ3v) is 5.45. The highest BCUT2D eigenvalue weighted by Crippen LogP contribution is 2.24. The van der Waals surface area contributed by atoms with Crippen molar-refractivity contribution in [2.24, 2.45) is 4.99 Å². The lowest BCUT2D eigenvalue weighted by Crippen LogP contribution is -2.22. The molecule has 10 heteroatoms. The number of hydrogen-bond acceptors (Lipinski definition) is 7. The Hall–Kier alpha value is -4.08. The lowest BCUT2D eigenvalue weighted by atomic mass is 10.1. The molecule has 0 aliphatic rings. The van der Waals surface area contributed by atoms with Crippen molar-refractivity contribution < 1.29 is 28.2 Å². The summed E-state index contributed by atoms with van der Waals surface area (Å²) in [7, 11) is 1.28. The Morgan fingerprint density at radius 1 is 1.20 bits per heavy atom. The number of aromatic nitrogens is 1. The number of aryl methyl sites for hydroxylation is 1. The first-order valence-electron chi connectivity index (χ1n) is 10.3. The normalized spacial score (nSPS) is 11.5. The number of esters is 1. The van der Waals surface area contributed by atoms with Gasteiger partial charge in [-0.1, -0.05) is 11.6 Å². The van der Waals surface area contributed by atoms with Gasteiger partial charge in [-0.3, -0.25) is 9.78 Å². The Bertz CT molecular complexity index is 1520. The second kappa shape index (κ2) is 10.0. The zero-order chi connectivity index (χ0) is 25.1. The minimum absolute atomic E-state index is 0.0512. The van der Waals surface area contributed by atoms with Crippen molar-refractivity contribution in [2.45, 2.75) is 13.5 Å². The Labute approximate surface area is 203 Å². The SMILES string of the molecule is COC(=O)c1ccc(NC(=O)c2cc3c(CO)cnc(C)c3oc2=Nc2ccc(F)c(Cl)c2)cc1. The Kier molecular flexibility index (Phi) is 6.90. The lowest BCUT2D eigenvalue weighted by Gasteiger charge is -2.10.